The topological polar surface area (TPSA) is 55.4 Å². The van der Waals surface area contributed by atoms with Crippen molar-refractivity contribution in [3.63, 3.8) is 0 Å². The van der Waals surface area contributed by atoms with E-state index in [0.717, 1.165) is 20.7 Å². The molecule has 0 aromatic heterocycles. The van der Waals surface area contributed by atoms with Crippen LogP contribution in [0.25, 0.3) is 0 Å². The smallest absolute Gasteiger partial charge is 0.389 e. The van der Waals surface area contributed by atoms with Gasteiger partial charge in [-0.25, -0.2) is 0 Å². The molecule has 2 unspecified atom stereocenters. The normalized spacial score (nSPS) is 14.4. The molecule has 0 aliphatic carbocycles. The highest BCUT2D eigenvalue weighted by molar-refractivity contribution is 7.01. The van der Waals surface area contributed by atoms with Crippen molar-refractivity contribution in [3.05, 3.63) is 121 Å². The highest BCUT2D eigenvalue weighted by Crippen LogP contribution is 2.19. The third-order valence-corrected chi connectivity index (χ3v) is 22.9. The summed E-state index contributed by atoms with van der Waals surface area (Å²) < 4.78 is 39.7. The zero-order valence-electron chi connectivity index (χ0n) is 23.7. The molecule has 4 aromatic carbocycles. The molecular formula is C29H38O6Si5. The molecule has 11 heteroatoms. The first-order valence-corrected chi connectivity index (χ1v) is 23.3. The van der Waals surface area contributed by atoms with Crippen LogP contribution in [-0.2, 0) is 25.3 Å². The van der Waals surface area contributed by atoms with Gasteiger partial charge in [0.25, 0.3) is 0 Å². The maximum Gasteiger partial charge on any atom is 0.389 e. The lowest BCUT2D eigenvalue weighted by Crippen LogP contribution is -2.71. The Morgan fingerprint density at radius 3 is 0.825 bits per heavy atom. The fourth-order valence-electron chi connectivity index (χ4n) is 4.62. The largest absolute Gasteiger partial charge is 0.411 e. The van der Waals surface area contributed by atoms with Crippen molar-refractivity contribution in [2.24, 2.45) is 0 Å². The Morgan fingerprint density at radius 1 is 0.375 bits per heavy atom. The van der Waals surface area contributed by atoms with Crippen LogP contribution in [0.5, 0.6) is 0 Å². The molecule has 2 atom stereocenters. The van der Waals surface area contributed by atoms with Gasteiger partial charge in [0, 0.05) is 14.2 Å². The monoisotopic (exact) mass is 622 g/mol. The molecule has 0 saturated carbocycles. The van der Waals surface area contributed by atoms with Crippen LogP contribution in [0.2, 0.25) is 19.6 Å². The van der Waals surface area contributed by atoms with Gasteiger partial charge in [0.05, 0.1) is 0 Å². The first kappa shape index (κ1) is 30.7. The van der Waals surface area contributed by atoms with Crippen LogP contribution in [0.1, 0.15) is 0 Å². The van der Waals surface area contributed by atoms with Crippen molar-refractivity contribution in [1.82, 2.24) is 0 Å². The predicted molar refractivity (Wildman–Crippen MR) is 173 cm³/mol. The van der Waals surface area contributed by atoms with Gasteiger partial charge in [-0.15, -0.1) is 0 Å². The van der Waals surface area contributed by atoms with Gasteiger partial charge in [0.1, 0.15) is 0 Å². The zero-order chi connectivity index (χ0) is 28.4. The van der Waals surface area contributed by atoms with E-state index in [-0.39, 0.29) is 0 Å². The molecule has 0 spiro atoms. The predicted octanol–water partition coefficient (Wildman–Crippen LogP) is 2.41. The standard InChI is InChI=1S/C29H38O6Si5/c1-30-36(3)32-39(26-18-10-6-11-19-26,27-20-12-7-13-21-27)34-38(5)35-40(33-37(4)31-2,28-22-14-8-15-23-28)29-24-16-9-17-25-29/h6-25,36-38H,1-5H3. The number of rotatable bonds is 14. The highest BCUT2D eigenvalue weighted by Gasteiger charge is 2.50. The molecule has 210 valence electrons. The number of hydrogen-bond donors (Lipinski definition) is 0. The van der Waals surface area contributed by atoms with Gasteiger partial charge < -0.3 is 25.3 Å². The van der Waals surface area contributed by atoms with E-state index in [1.54, 1.807) is 14.2 Å². The van der Waals surface area contributed by atoms with E-state index in [2.05, 4.69) is 55.1 Å². The van der Waals surface area contributed by atoms with Gasteiger partial charge in [0.15, 0.2) is 0 Å². The van der Waals surface area contributed by atoms with Crippen LogP contribution >= 0.6 is 0 Å². The van der Waals surface area contributed by atoms with Gasteiger partial charge in [-0.2, -0.15) is 0 Å². The van der Waals surface area contributed by atoms with Crippen molar-refractivity contribution in [1.29, 1.82) is 0 Å². The maximum atomic E-state index is 7.21. The summed E-state index contributed by atoms with van der Waals surface area (Å²) in [6.45, 7) is 6.14. The van der Waals surface area contributed by atoms with Crippen LogP contribution in [-0.4, -0.2) is 59.2 Å². The van der Waals surface area contributed by atoms with E-state index in [1.807, 2.05) is 85.9 Å². The molecule has 4 aromatic rings. The Bertz CT molecular complexity index is 1110. The van der Waals surface area contributed by atoms with E-state index >= 15 is 0 Å². The average molecular weight is 623 g/mol. The summed E-state index contributed by atoms with van der Waals surface area (Å²) in [6.07, 6.45) is 0. The second-order valence-corrected chi connectivity index (χ2v) is 22.2. The molecule has 6 nitrogen and oxygen atoms in total. The molecule has 40 heavy (non-hydrogen) atoms. The Hall–Kier alpha value is -2.28. The summed E-state index contributed by atoms with van der Waals surface area (Å²) in [4.78, 5) is 0. The van der Waals surface area contributed by atoms with E-state index in [1.165, 1.54) is 0 Å². The number of hydrogen-bond acceptors (Lipinski definition) is 6. The van der Waals surface area contributed by atoms with Crippen molar-refractivity contribution >= 4 is 65.7 Å². The Kier molecular flexibility index (Phi) is 11.2. The van der Waals surface area contributed by atoms with Gasteiger partial charge >= 0.3 is 45.0 Å². The summed E-state index contributed by atoms with van der Waals surface area (Å²) in [6, 6.07) is 41.0. The summed E-state index contributed by atoms with van der Waals surface area (Å²) in [5.41, 5.74) is 0. The zero-order valence-corrected chi connectivity index (χ0v) is 29.2. The molecule has 0 aliphatic heterocycles. The third-order valence-electron chi connectivity index (χ3n) is 6.61. The highest BCUT2D eigenvalue weighted by atomic mass is 28.5. The fourth-order valence-corrected chi connectivity index (χ4v) is 22.5. The molecular weight excluding hydrogens is 585 g/mol. The lowest BCUT2D eigenvalue weighted by atomic mass is 10.4. The SMILES string of the molecule is CO[SiH](C)O[Si](O[SiH](C)O[Si](O[SiH](C)OC)(c1ccccc1)c1ccccc1)(c1ccccc1)c1ccccc1. The van der Waals surface area contributed by atoms with Gasteiger partial charge in [0.2, 0.25) is 0 Å². The van der Waals surface area contributed by atoms with Crippen LogP contribution in [0.4, 0.5) is 0 Å². The summed E-state index contributed by atoms with van der Waals surface area (Å²) in [7, 11) is -9.57. The van der Waals surface area contributed by atoms with Crippen LogP contribution < -0.4 is 20.7 Å². The molecule has 0 saturated heterocycles. The third kappa shape index (κ3) is 7.13. The van der Waals surface area contributed by atoms with Crippen LogP contribution in [0.15, 0.2) is 121 Å². The van der Waals surface area contributed by atoms with E-state index < -0.39 is 45.0 Å². The minimum atomic E-state index is -3.22. The van der Waals surface area contributed by atoms with Gasteiger partial charge in [-0.05, 0) is 40.4 Å². The Balaban J connectivity index is 1.84. The molecule has 0 fully saturated rings. The van der Waals surface area contributed by atoms with Crippen molar-refractivity contribution in [2.45, 2.75) is 19.6 Å². The lowest BCUT2D eigenvalue weighted by Gasteiger charge is -2.40. The molecule has 0 radical (unpaired) electrons. The molecule has 0 aliphatic rings. The summed E-state index contributed by atoms with van der Waals surface area (Å²) in [5, 5.41) is 4.08. The van der Waals surface area contributed by atoms with Crippen molar-refractivity contribution < 1.29 is 25.3 Å². The fraction of sp³-hybridized carbons (Fsp3) is 0.172. The molecule has 4 rings (SSSR count). The Morgan fingerprint density at radius 2 is 0.600 bits per heavy atom. The average Bonchev–Trinajstić information content (AvgIpc) is 3.01. The first-order chi connectivity index (χ1) is 19.4. The Labute approximate surface area is 245 Å². The molecule has 0 bridgehead atoms. The summed E-state index contributed by atoms with van der Waals surface area (Å²) >= 11 is 0. The van der Waals surface area contributed by atoms with E-state index in [9.17, 15) is 0 Å². The second kappa shape index (κ2) is 14.6. The van der Waals surface area contributed by atoms with Gasteiger partial charge in [-0.3, -0.25) is 0 Å². The minimum Gasteiger partial charge on any atom is -0.411 e. The molecule has 0 heterocycles. The van der Waals surface area contributed by atoms with Gasteiger partial charge in [-0.1, -0.05) is 121 Å². The van der Waals surface area contributed by atoms with E-state index in [0.29, 0.717) is 0 Å². The van der Waals surface area contributed by atoms with Crippen molar-refractivity contribution in [2.75, 3.05) is 14.2 Å². The second-order valence-electron chi connectivity index (χ2n) is 9.34. The lowest BCUT2D eigenvalue weighted by molar-refractivity contribution is 0.283. The minimum absolute atomic E-state index is 1.02. The van der Waals surface area contributed by atoms with Crippen LogP contribution in [0, 0.1) is 0 Å². The maximum absolute atomic E-state index is 7.21. The number of benzene rings is 4. The molecule has 0 amide bonds. The van der Waals surface area contributed by atoms with Crippen molar-refractivity contribution in [3.8, 4) is 0 Å². The molecule has 0 N–H and O–H groups in total. The quantitative estimate of drug-likeness (QED) is 0.202. The van der Waals surface area contributed by atoms with Crippen LogP contribution in [0.3, 0.4) is 0 Å². The first-order valence-electron chi connectivity index (χ1n) is 13.4. The van der Waals surface area contributed by atoms with E-state index in [4.69, 9.17) is 25.3 Å². The summed E-state index contributed by atoms with van der Waals surface area (Å²) in [5.74, 6) is 0.